The van der Waals surface area contributed by atoms with Crippen LogP contribution in [0.4, 0.5) is 0 Å². The molecule has 0 aliphatic carbocycles. The molecule has 1 aliphatic rings. The molecule has 160 valence electrons. The number of carbonyl (C=O) groups is 1. The second kappa shape index (κ2) is 10.7. The number of benzene rings is 2. The van der Waals surface area contributed by atoms with Crippen molar-refractivity contribution in [2.45, 2.75) is 45.9 Å². The number of aryl methyl sites for hydroxylation is 1. The molecule has 0 aromatic heterocycles. The Morgan fingerprint density at radius 1 is 1.13 bits per heavy atom. The maximum absolute atomic E-state index is 12.5. The van der Waals surface area contributed by atoms with Crippen LogP contribution >= 0.6 is 0 Å². The van der Waals surface area contributed by atoms with Gasteiger partial charge in [-0.2, -0.15) is 0 Å². The van der Waals surface area contributed by atoms with Crippen molar-refractivity contribution in [3.63, 3.8) is 0 Å². The Labute approximate surface area is 179 Å². The minimum atomic E-state index is 0.00345. The van der Waals surface area contributed by atoms with Gasteiger partial charge in [-0.05, 0) is 49.1 Å². The lowest BCUT2D eigenvalue weighted by Crippen LogP contribution is -2.42. The number of aliphatic imine (C=N–C) groups is 1. The van der Waals surface area contributed by atoms with Gasteiger partial charge in [0.2, 0.25) is 5.91 Å². The van der Waals surface area contributed by atoms with Crippen LogP contribution in [0, 0.1) is 6.92 Å². The molecule has 0 saturated carbocycles. The summed E-state index contributed by atoms with van der Waals surface area (Å²) in [6.07, 6.45) is 1.30. The van der Waals surface area contributed by atoms with Gasteiger partial charge in [-0.15, -0.1) is 0 Å². The first-order chi connectivity index (χ1) is 14.5. The molecule has 2 aromatic rings. The van der Waals surface area contributed by atoms with Crippen molar-refractivity contribution >= 4 is 11.9 Å². The Kier molecular flexibility index (Phi) is 7.71. The van der Waals surface area contributed by atoms with Crippen LogP contribution in [-0.4, -0.2) is 43.0 Å². The average molecular weight is 409 g/mol. The highest BCUT2D eigenvalue weighted by Gasteiger charge is 2.22. The third-order valence-electron chi connectivity index (χ3n) is 5.16. The molecule has 0 radical (unpaired) electrons. The summed E-state index contributed by atoms with van der Waals surface area (Å²) >= 11 is 0. The van der Waals surface area contributed by atoms with Crippen LogP contribution in [-0.2, 0) is 17.9 Å². The fraction of sp³-hybridized carbons (Fsp3) is 0.417. The van der Waals surface area contributed by atoms with Crippen LogP contribution in [0.1, 0.15) is 36.5 Å². The molecule has 0 fully saturated rings. The first-order valence-electron chi connectivity index (χ1n) is 10.6. The molecule has 3 rings (SSSR count). The van der Waals surface area contributed by atoms with E-state index in [1.165, 1.54) is 16.7 Å². The van der Waals surface area contributed by atoms with Crippen molar-refractivity contribution in [3.8, 4) is 5.75 Å². The maximum atomic E-state index is 12.5. The van der Waals surface area contributed by atoms with Crippen LogP contribution in [0.5, 0.6) is 5.75 Å². The largest absolute Gasteiger partial charge is 0.489 e. The molecule has 0 saturated heterocycles. The van der Waals surface area contributed by atoms with Gasteiger partial charge in [-0.1, -0.05) is 36.4 Å². The predicted molar refractivity (Wildman–Crippen MR) is 121 cm³/mol. The zero-order valence-electron chi connectivity index (χ0n) is 18.1. The number of hydrogen-bond donors (Lipinski definition) is 2. The van der Waals surface area contributed by atoms with E-state index < -0.39 is 0 Å². The zero-order valence-corrected chi connectivity index (χ0v) is 18.1. The molecule has 1 heterocycles. The third kappa shape index (κ3) is 6.24. The lowest BCUT2D eigenvalue weighted by atomic mass is 10.1. The Morgan fingerprint density at radius 2 is 1.87 bits per heavy atom. The van der Waals surface area contributed by atoms with Gasteiger partial charge in [0.05, 0.1) is 6.54 Å². The van der Waals surface area contributed by atoms with Crippen molar-refractivity contribution in [2.75, 3.05) is 20.1 Å². The molecule has 2 aromatic carbocycles. The molecule has 30 heavy (non-hydrogen) atoms. The Balaban J connectivity index is 1.32. The molecule has 0 spiro atoms. The summed E-state index contributed by atoms with van der Waals surface area (Å²) in [5.74, 6) is 1.79. The second-order valence-electron chi connectivity index (χ2n) is 7.75. The monoisotopic (exact) mass is 408 g/mol. The fourth-order valence-electron chi connectivity index (χ4n) is 3.54. The standard InChI is InChI=1S/C24H32N4O2/c1-18-8-6-11-22(14-18)30-19(2)15-27-24(25-3)26-13-7-12-23(29)28-16-20-9-4-5-10-21(20)17-28/h4-6,8-11,14,19H,7,12-13,15-17H2,1-3H3,(H2,25,26,27). The smallest absolute Gasteiger partial charge is 0.223 e. The summed E-state index contributed by atoms with van der Waals surface area (Å²) in [5.41, 5.74) is 3.70. The van der Waals surface area contributed by atoms with E-state index in [-0.39, 0.29) is 12.0 Å². The number of amides is 1. The van der Waals surface area contributed by atoms with Crippen LogP contribution in [0.2, 0.25) is 0 Å². The van der Waals surface area contributed by atoms with Gasteiger partial charge in [0.1, 0.15) is 11.9 Å². The quantitative estimate of drug-likeness (QED) is 0.400. The van der Waals surface area contributed by atoms with Crippen molar-refractivity contribution in [2.24, 2.45) is 4.99 Å². The highest BCUT2D eigenvalue weighted by Crippen LogP contribution is 2.22. The van der Waals surface area contributed by atoms with Gasteiger partial charge in [-0.3, -0.25) is 9.79 Å². The van der Waals surface area contributed by atoms with Crippen molar-refractivity contribution < 1.29 is 9.53 Å². The van der Waals surface area contributed by atoms with Gasteiger partial charge in [0, 0.05) is 33.1 Å². The first kappa shape index (κ1) is 21.7. The normalized spacial score (nSPS) is 14.2. The molecular weight excluding hydrogens is 376 g/mol. The molecule has 1 aliphatic heterocycles. The lowest BCUT2D eigenvalue weighted by molar-refractivity contribution is -0.131. The van der Waals surface area contributed by atoms with E-state index >= 15 is 0 Å². The Morgan fingerprint density at radius 3 is 2.53 bits per heavy atom. The maximum Gasteiger partial charge on any atom is 0.223 e. The summed E-state index contributed by atoms with van der Waals surface area (Å²) < 4.78 is 5.94. The molecule has 1 amide bonds. The fourth-order valence-corrected chi connectivity index (χ4v) is 3.54. The SMILES string of the molecule is CN=C(NCCCC(=O)N1Cc2ccccc2C1)NCC(C)Oc1cccc(C)c1. The number of carbonyl (C=O) groups excluding carboxylic acids is 1. The van der Waals surface area contributed by atoms with Crippen molar-refractivity contribution in [3.05, 3.63) is 65.2 Å². The number of fused-ring (bicyclic) bond motifs is 1. The van der Waals surface area contributed by atoms with E-state index in [9.17, 15) is 4.79 Å². The zero-order chi connectivity index (χ0) is 21.3. The number of guanidine groups is 1. The summed E-state index contributed by atoms with van der Waals surface area (Å²) in [6, 6.07) is 16.3. The minimum Gasteiger partial charge on any atom is -0.489 e. The van der Waals surface area contributed by atoms with Gasteiger partial charge >= 0.3 is 0 Å². The number of hydrogen-bond acceptors (Lipinski definition) is 3. The van der Waals surface area contributed by atoms with Gasteiger partial charge in [0.25, 0.3) is 0 Å². The van der Waals surface area contributed by atoms with Crippen LogP contribution in [0.15, 0.2) is 53.5 Å². The minimum absolute atomic E-state index is 0.00345. The van der Waals surface area contributed by atoms with E-state index in [4.69, 9.17) is 4.74 Å². The molecule has 0 bridgehead atoms. The van der Waals surface area contributed by atoms with E-state index in [0.717, 1.165) is 31.2 Å². The van der Waals surface area contributed by atoms with Crippen molar-refractivity contribution in [1.29, 1.82) is 0 Å². The van der Waals surface area contributed by atoms with Crippen LogP contribution < -0.4 is 15.4 Å². The second-order valence-corrected chi connectivity index (χ2v) is 7.75. The highest BCUT2D eigenvalue weighted by molar-refractivity contribution is 5.80. The molecule has 2 N–H and O–H groups in total. The first-order valence-corrected chi connectivity index (χ1v) is 10.6. The molecular formula is C24H32N4O2. The number of nitrogens with zero attached hydrogens (tertiary/aromatic N) is 2. The summed E-state index contributed by atoms with van der Waals surface area (Å²) in [5, 5.41) is 6.55. The van der Waals surface area contributed by atoms with E-state index in [1.54, 1.807) is 7.05 Å². The average Bonchev–Trinajstić information content (AvgIpc) is 3.17. The van der Waals surface area contributed by atoms with Gasteiger partial charge < -0.3 is 20.3 Å². The summed E-state index contributed by atoms with van der Waals surface area (Å²) in [7, 11) is 1.74. The number of ether oxygens (including phenoxy) is 1. The van der Waals surface area contributed by atoms with Crippen LogP contribution in [0.3, 0.4) is 0 Å². The molecule has 1 atom stereocenters. The van der Waals surface area contributed by atoms with E-state index in [0.29, 0.717) is 19.5 Å². The number of nitrogens with one attached hydrogen (secondary N) is 2. The van der Waals surface area contributed by atoms with Crippen LogP contribution in [0.25, 0.3) is 0 Å². The third-order valence-corrected chi connectivity index (χ3v) is 5.16. The van der Waals surface area contributed by atoms with Gasteiger partial charge in [-0.25, -0.2) is 0 Å². The van der Waals surface area contributed by atoms with Gasteiger partial charge in [0.15, 0.2) is 5.96 Å². The topological polar surface area (TPSA) is 66.0 Å². The molecule has 6 heteroatoms. The molecule has 6 nitrogen and oxygen atoms in total. The van der Waals surface area contributed by atoms with E-state index in [1.807, 2.05) is 42.2 Å². The summed E-state index contributed by atoms with van der Waals surface area (Å²) in [6.45, 7) is 6.86. The Bertz CT molecular complexity index is 856. The predicted octanol–water partition coefficient (Wildman–Crippen LogP) is 3.25. The van der Waals surface area contributed by atoms with Crippen molar-refractivity contribution in [1.82, 2.24) is 15.5 Å². The van der Waals surface area contributed by atoms with E-state index in [2.05, 4.69) is 40.7 Å². The molecule has 1 unspecified atom stereocenters. The lowest BCUT2D eigenvalue weighted by Gasteiger charge is -2.18. The highest BCUT2D eigenvalue weighted by atomic mass is 16.5. The summed E-state index contributed by atoms with van der Waals surface area (Å²) in [4.78, 5) is 18.7. The Hall–Kier alpha value is -3.02. The number of rotatable bonds is 8.